The van der Waals surface area contributed by atoms with Crippen LogP contribution in [-0.2, 0) is 4.79 Å². The van der Waals surface area contributed by atoms with E-state index in [1.165, 1.54) is 0 Å². The van der Waals surface area contributed by atoms with Crippen molar-refractivity contribution in [3.8, 4) is 0 Å². The SMILES string of the molecule is CN(C(=O)C=Cc1cccs1)C1CCNC1. The van der Waals surface area contributed by atoms with Gasteiger partial charge in [-0.1, -0.05) is 6.07 Å². The molecule has 1 atom stereocenters. The van der Waals surface area contributed by atoms with Crippen LogP contribution in [0.25, 0.3) is 6.08 Å². The number of carbonyl (C=O) groups is 1. The maximum atomic E-state index is 11.8. The summed E-state index contributed by atoms with van der Waals surface area (Å²) in [5, 5.41) is 5.27. The Bertz CT molecular complexity index is 366. The van der Waals surface area contributed by atoms with Gasteiger partial charge in [-0.2, -0.15) is 0 Å². The molecule has 4 heteroatoms. The van der Waals surface area contributed by atoms with E-state index in [9.17, 15) is 4.79 Å². The molecule has 1 fully saturated rings. The first-order chi connectivity index (χ1) is 7.77. The van der Waals surface area contributed by atoms with Gasteiger partial charge in [-0.25, -0.2) is 0 Å². The number of thiophene rings is 1. The summed E-state index contributed by atoms with van der Waals surface area (Å²) in [6, 6.07) is 4.34. The van der Waals surface area contributed by atoms with Gasteiger partial charge in [0.1, 0.15) is 0 Å². The number of nitrogens with zero attached hydrogens (tertiary/aromatic N) is 1. The number of carbonyl (C=O) groups excluding carboxylic acids is 1. The molecular formula is C12H16N2OS. The first-order valence-electron chi connectivity index (χ1n) is 5.46. The van der Waals surface area contributed by atoms with Crippen molar-refractivity contribution >= 4 is 23.3 Å². The van der Waals surface area contributed by atoms with E-state index in [1.54, 1.807) is 17.4 Å². The van der Waals surface area contributed by atoms with Gasteiger partial charge in [-0.3, -0.25) is 4.79 Å². The van der Waals surface area contributed by atoms with E-state index in [1.807, 2.05) is 35.5 Å². The van der Waals surface area contributed by atoms with Crippen LogP contribution in [-0.4, -0.2) is 37.0 Å². The molecule has 3 nitrogen and oxygen atoms in total. The van der Waals surface area contributed by atoms with Crippen LogP contribution < -0.4 is 5.32 Å². The third kappa shape index (κ3) is 2.71. The molecule has 1 aromatic heterocycles. The maximum Gasteiger partial charge on any atom is 0.246 e. The third-order valence-electron chi connectivity index (χ3n) is 2.86. The standard InChI is InChI=1S/C12H16N2OS/c1-14(10-6-7-13-9-10)12(15)5-4-11-3-2-8-16-11/h2-5,8,10,13H,6-7,9H2,1H3. The topological polar surface area (TPSA) is 32.3 Å². The third-order valence-corrected chi connectivity index (χ3v) is 3.70. The molecule has 2 rings (SSSR count). The summed E-state index contributed by atoms with van der Waals surface area (Å²) in [6.07, 6.45) is 4.59. The molecule has 1 saturated heterocycles. The fraction of sp³-hybridized carbons (Fsp3) is 0.417. The van der Waals surface area contributed by atoms with Gasteiger partial charge in [-0.15, -0.1) is 11.3 Å². The van der Waals surface area contributed by atoms with Crippen molar-refractivity contribution < 1.29 is 4.79 Å². The van der Waals surface area contributed by atoms with Crippen LogP contribution in [0, 0.1) is 0 Å². The second-order valence-electron chi connectivity index (χ2n) is 3.94. The molecule has 1 N–H and O–H groups in total. The summed E-state index contributed by atoms with van der Waals surface area (Å²) in [5.41, 5.74) is 0. The fourth-order valence-electron chi connectivity index (χ4n) is 1.81. The Morgan fingerprint density at radius 3 is 3.19 bits per heavy atom. The van der Waals surface area contributed by atoms with Gasteiger partial charge in [0.05, 0.1) is 0 Å². The summed E-state index contributed by atoms with van der Waals surface area (Å²) >= 11 is 1.64. The highest BCUT2D eigenvalue weighted by Crippen LogP contribution is 2.11. The summed E-state index contributed by atoms with van der Waals surface area (Å²) in [6.45, 7) is 1.92. The molecule has 1 unspecified atom stereocenters. The lowest BCUT2D eigenvalue weighted by Gasteiger charge is -2.22. The summed E-state index contributed by atoms with van der Waals surface area (Å²) in [7, 11) is 1.87. The highest BCUT2D eigenvalue weighted by atomic mass is 32.1. The highest BCUT2D eigenvalue weighted by Gasteiger charge is 2.21. The van der Waals surface area contributed by atoms with Crippen molar-refractivity contribution in [2.45, 2.75) is 12.5 Å². The second kappa shape index (κ2) is 5.27. The van der Waals surface area contributed by atoms with Crippen molar-refractivity contribution in [2.24, 2.45) is 0 Å². The lowest BCUT2D eigenvalue weighted by molar-refractivity contribution is -0.126. The predicted octanol–water partition coefficient (Wildman–Crippen LogP) is 1.58. The van der Waals surface area contributed by atoms with Gasteiger partial charge in [0.25, 0.3) is 0 Å². The largest absolute Gasteiger partial charge is 0.338 e. The Kier molecular flexibility index (Phi) is 3.74. The van der Waals surface area contributed by atoms with Crippen molar-refractivity contribution in [1.29, 1.82) is 0 Å². The molecule has 2 heterocycles. The van der Waals surface area contributed by atoms with Gasteiger partial charge < -0.3 is 10.2 Å². The van der Waals surface area contributed by atoms with Gasteiger partial charge in [0.15, 0.2) is 0 Å². The van der Waals surface area contributed by atoms with Crippen molar-refractivity contribution in [3.63, 3.8) is 0 Å². The summed E-state index contributed by atoms with van der Waals surface area (Å²) in [4.78, 5) is 14.8. The van der Waals surface area contributed by atoms with E-state index in [4.69, 9.17) is 0 Å². The zero-order valence-electron chi connectivity index (χ0n) is 9.35. The fourth-order valence-corrected chi connectivity index (χ4v) is 2.43. The van der Waals surface area contributed by atoms with Crippen LogP contribution in [0.5, 0.6) is 0 Å². The molecule has 0 aliphatic carbocycles. The molecule has 0 aromatic carbocycles. The lowest BCUT2D eigenvalue weighted by atomic mass is 10.2. The number of hydrogen-bond donors (Lipinski definition) is 1. The van der Waals surface area contributed by atoms with Gasteiger partial charge in [0, 0.05) is 30.6 Å². The van der Waals surface area contributed by atoms with Crippen LogP contribution in [0.15, 0.2) is 23.6 Å². The van der Waals surface area contributed by atoms with E-state index >= 15 is 0 Å². The molecule has 16 heavy (non-hydrogen) atoms. The molecular weight excluding hydrogens is 220 g/mol. The first kappa shape index (κ1) is 11.4. The normalized spacial score (nSPS) is 20.4. The first-order valence-corrected chi connectivity index (χ1v) is 6.34. The van der Waals surface area contributed by atoms with E-state index < -0.39 is 0 Å². The minimum absolute atomic E-state index is 0.0853. The molecule has 86 valence electrons. The Morgan fingerprint density at radius 2 is 2.56 bits per heavy atom. The molecule has 0 saturated carbocycles. The Balaban J connectivity index is 1.92. The molecule has 0 radical (unpaired) electrons. The molecule has 1 aliphatic heterocycles. The number of amides is 1. The Labute approximate surface area is 99.8 Å². The Morgan fingerprint density at radius 1 is 1.69 bits per heavy atom. The zero-order chi connectivity index (χ0) is 11.4. The number of rotatable bonds is 3. The maximum absolute atomic E-state index is 11.8. The number of nitrogens with one attached hydrogen (secondary N) is 1. The lowest BCUT2D eigenvalue weighted by Crippen LogP contribution is -2.37. The van der Waals surface area contributed by atoms with Crippen LogP contribution in [0.3, 0.4) is 0 Å². The second-order valence-corrected chi connectivity index (χ2v) is 4.92. The quantitative estimate of drug-likeness (QED) is 0.808. The van der Waals surface area contributed by atoms with E-state index in [0.29, 0.717) is 6.04 Å². The Hall–Kier alpha value is -1.13. The average Bonchev–Trinajstić information content (AvgIpc) is 2.96. The minimum Gasteiger partial charge on any atom is -0.338 e. The van der Waals surface area contributed by atoms with Crippen LogP contribution in [0.4, 0.5) is 0 Å². The monoisotopic (exact) mass is 236 g/mol. The van der Waals surface area contributed by atoms with E-state index in [0.717, 1.165) is 24.4 Å². The zero-order valence-corrected chi connectivity index (χ0v) is 10.2. The van der Waals surface area contributed by atoms with Gasteiger partial charge >= 0.3 is 0 Å². The van der Waals surface area contributed by atoms with Crippen molar-refractivity contribution in [3.05, 3.63) is 28.5 Å². The van der Waals surface area contributed by atoms with Crippen LogP contribution in [0.2, 0.25) is 0 Å². The summed E-state index contributed by atoms with van der Waals surface area (Å²) in [5.74, 6) is 0.0853. The molecule has 0 spiro atoms. The molecule has 0 bridgehead atoms. The van der Waals surface area contributed by atoms with Gasteiger partial charge in [-0.05, 0) is 30.5 Å². The average molecular weight is 236 g/mol. The molecule has 1 amide bonds. The smallest absolute Gasteiger partial charge is 0.246 e. The van der Waals surface area contributed by atoms with Crippen LogP contribution in [0.1, 0.15) is 11.3 Å². The van der Waals surface area contributed by atoms with Crippen LogP contribution >= 0.6 is 11.3 Å². The van der Waals surface area contributed by atoms with E-state index in [2.05, 4.69) is 5.32 Å². The predicted molar refractivity (Wildman–Crippen MR) is 67.4 cm³/mol. The highest BCUT2D eigenvalue weighted by molar-refractivity contribution is 7.10. The number of likely N-dealkylation sites (N-methyl/N-ethyl adjacent to an activating group) is 1. The van der Waals surface area contributed by atoms with Gasteiger partial charge in [0.2, 0.25) is 5.91 Å². The van der Waals surface area contributed by atoms with E-state index in [-0.39, 0.29) is 5.91 Å². The molecule has 1 aliphatic rings. The van der Waals surface area contributed by atoms with Crippen molar-refractivity contribution in [1.82, 2.24) is 10.2 Å². The minimum atomic E-state index is 0.0853. The summed E-state index contributed by atoms with van der Waals surface area (Å²) < 4.78 is 0. The number of hydrogen-bond acceptors (Lipinski definition) is 3. The van der Waals surface area contributed by atoms with Crippen molar-refractivity contribution in [2.75, 3.05) is 20.1 Å². The molecule has 1 aromatic rings.